The van der Waals surface area contributed by atoms with Crippen LogP contribution < -0.4 is 22.5 Å². The van der Waals surface area contributed by atoms with Crippen LogP contribution in [0.15, 0.2) is 15.4 Å². The molecule has 1 rings (SSSR count). The number of hydrogen-bond donors (Lipinski definition) is 4. The van der Waals surface area contributed by atoms with Crippen LogP contribution in [0.5, 0.6) is 0 Å². The highest BCUT2D eigenvalue weighted by atomic mass is 32.1. The van der Waals surface area contributed by atoms with E-state index in [9.17, 15) is 13.2 Å². The summed E-state index contributed by atoms with van der Waals surface area (Å²) in [4.78, 5) is 12.8. The van der Waals surface area contributed by atoms with Gasteiger partial charge in [0.05, 0.1) is 12.2 Å². The Labute approximate surface area is 165 Å². The summed E-state index contributed by atoms with van der Waals surface area (Å²) in [5.74, 6) is -0.170. The number of unbranched alkanes of at least 4 members (excludes halogenated alkanes) is 2. The van der Waals surface area contributed by atoms with E-state index < -0.39 is 12.7 Å². The molecular weight excluding hydrogens is 395 g/mol. The molecule has 0 radical (unpaired) electrons. The summed E-state index contributed by atoms with van der Waals surface area (Å²) >= 11 is 1.24. The van der Waals surface area contributed by atoms with Crippen molar-refractivity contribution in [3.63, 3.8) is 0 Å². The fourth-order valence-corrected chi connectivity index (χ4v) is 2.79. The first-order chi connectivity index (χ1) is 13.2. The van der Waals surface area contributed by atoms with Crippen LogP contribution in [-0.4, -0.2) is 54.2 Å². The number of aryl methyl sites for hydroxylation is 1. The van der Waals surface area contributed by atoms with Gasteiger partial charge in [-0.15, -0.1) is 11.3 Å². The zero-order chi connectivity index (χ0) is 21.0. The molecule has 0 saturated heterocycles. The van der Waals surface area contributed by atoms with Crippen LogP contribution in [0, 0.1) is 11.5 Å². The number of nitrogens with one attached hydrogen (secondary N) is 1. The van der Waals surface area contributed by atoms with E-state index in [1.54, 1.807) is 5.38 Å². The average Bonchev–Trinajstić information content (AvgIpc) is 3.07. The number of nitrogens with two attached hydrogens (primary N) is 3. The highest BCUT2D eigenvalue weighted by molar-refractivity contribution is 7.13. The monoisotopic (exact) mass is 419 g/mol. The van der Waals surface area contributed by atoms with Crippen molar-refractivity contribution in [2.75, 3.05) is 31.5 Å². The summed E-state index contributed by atoms with van der Waals surface area (Å²) in [6.07, 6.45) is 0.707. The molecule has 0 spiro atoms. The van der Waals surface area contributed by atoms with Crippen LogP contribution in [0.4, 0.5) is 18.3 Å². The molecule has 7 N–H and O–H groups in total. The number of anilines is 1. The summed E-state index contributed by atoms with van der Waals surface area (Å²) in [6.45, 7) is -0.141. The first-order valence-corrected chi connectivity index (χ1v) is 9.38. The van der Waals surface area contributed by atoms with Gasteiger partial charge in [-0.1, -0.05) is 6.42 Å². The minimum atomic E-state index is -4.40. The number of halogens is 3. The maximum atomic E-state index is 12.1. The molecule has 0 unspecified atom stereocenters. The van der Waals surface area contributed by atoms with Crippen LogP contribution in [0.2, 0.25) is 0 Å². The number of nitriles is 1. The van der Waals surface area contributed by atoms with E-state index in [4.69, 9.17) is 22.5 Å². The normalized spacial score (nSPS) is 12.7. The summed E-state index contributed by atoms with van der Waals surface area (Å²) < 4.78 is 36.3. The van der Waals surface area contributed by atoms with Gasteiger partial charge < -0.3 is 22.5 Å². The molecule has 9 nitrogen and oxygen atoms in total. The largest absolute Gasteiger partial charge is 0.408 e. The van der Waals surface area contributed by atoms with Crippen molar-refractivity contribution in [1.82, 2.24) is 9.88 Å². The van der Waals surface area contributed by atoms with Crippen molar-refractivity contribution in [2.24, 2.45) is 27.2 Å². The summed E-state index contributed by atoms with van der Waals surface area (Å²) in [5.41, 5.74) is 17.3. The Kier molecular flexibility index (Phi) is 10.0. The van der Waals surface area contributed by atoms with Crippen LogP contribution in [0.3, 0.4) is 0 Å². The van der Waals surface area contributed by atoms with Gasteiger partial charge in [-0.05, 0) is 19.3 Å². The van der Waals surface area contributed by atoms with E-state index in [-0.39, 0.29) is 11.9 Å². The Morgan fingerprint density at radius 1 is 1.29 bits per heavy atom. The maximum absolute atomic E-state index is 12.1. The second kappa shape index (κ2) is 12.0. The van der Waals surface area contributed by atoms with E-state index in [0.717, 1.165) is 25.0 Å². The predicted octanol–water partition coefficient (Wildman–Crippen LogP) is 1.20. The van der Waals surface area contributed by atoms with Gasteiger partial charge >= 0.3 is 6.18 Å². The SMILES string of the molecule is N#CN(CCCCCc1csc(NC(N)=NCC(F)(F)F)n1)C(N)=NCCN. The number of thiazole rings is 1. The molecule has 0 aliphatic heterocycles. The van der Waals surface area contributed by atoms with Crippen LogP contribution >= 0.6 is 11.3 Å². The van der Waals surface area contributed by atoms with Crippen molar-refractivity contribution in [1.29, 1.82) is 5.26 Å². The summed E-state index contributed by atoms with van der Waals surface area (Å²) in [7, 11) is 0. The van der Waals surface area contributed by atoms with Gasteiger partial charge in [0, 0.05) is 18.5 Å². The molecule has 13 heteroatoms. The average molecular weight is 419 g/mol. The van der Waals surface area contributed by atoms with E-state index >= 15 is 0 Å². The van der Waals surface area contributed by atoms with Gasteiger partial charge in [0.2, 0.25) is 5.96 Å². The van der Waals surface area contributed by atoms with Crippen molar-refractivity contribution in [2.45, 2.75) is 31.9 Å². The first kappa shape index (κ1) is 23.4. The Morgan fingerprint density at radius 2 is 2.04 bits per heavy atom. The van der Waals surface area contributed by atoms with Gasteiger partial charge in [0.25, 0.3) is 0 Å². The lowest BCUT2D eigenvalue weighted by Gasteiger charge is -2.13. The van der Waals surface area contributed by atoms with Crippen molar-refractivity contribution >= 4 is 28.4 Å². The standard InChI is InChI=1S/C15H24F3N9S/c16-15(17,18)9-24-12(21)26-14-25-11(8-28-14)4-2-1-3-7-27(10-20)13(22)23-6-5-19/h8H,1-7,9,19H2,(H2,22,23)(H3,21,24,25,26). The van der Waals surface area contributed by atoms with Crippen molar-refractivity contribution in [3.8, 4) is 6.19 Å². The lowest BCUT2D eigenvalue weighted by atomic mass is 10.1. The quantitative estimate of drug-likeness (QED) is 0.146. The third kappa shape index (κ3) is 9.93. The molecule has 156 valence electrons. The second-order valence-corrected chi connectivity index (χ2v) is 6.53. The minimum absolute atomic E-state index is 0.160. The molecule has 0 fully saturated rings. The van der Waals surface area contributed by atoms with Gasteiger partial charge in [-0.3, -0.25) is 4.99 Å². The van der Waals surface area contributed by atoms with Crippen LogP contribution in [0.25, 0.3) is 0 Å². The molecule has 1 aromatic heterocycles. The third-order valence-corrected chi connectivity index (χ3v) is 4.14. The molecular formula is C15H24F3N9S. The number of rotatable bonds is 10. The third-order valence-electron chi connectivity index (χ3n) is 3.33. The molecule has 0 atom stereocenters. The van der Waals surface area contributed by atoms with Gasteiger partial charge in [0.15, 0.2) is 17.3 Å². The molecule has 1 heterocycles. The number of nitrogens with zero attached hydrogens (tertiary/aromatic N) is 5. The number of hydrogen-bond acceptors (Lipinski definition) is 6. The summed E-state index contributed by atoms with van der Waals surface area (Å²) in [6, 6.07) is 0. The van der Waals surface area contributed by atoms with E-state index in [1.807, 2.05) is 6.19 Å². The zero-order valence-electron chi connectivity index (χ0n) is 15.2. The molecule has 0 aliphatic carbocycles. The molecule has 0 aromatic carbocycles. The predicted molar refractivity (Wildman–Crippen MR) is 104 cm³/mol. The van der Waals surface area contributed by atoms with Crippen LogP contribution in [0.1, 0.15) is 25.0 Å². The molecule has 0 bridgehead atoms. The fourth-order valence-electron chi connectivity index (χ4n) is 2.04. The smallest absolute Gasteiger partial charge is 0.370 e. The van der Waals surface area contributed by atoms with Gasteiger partial charge in [-0.25, -0.2) is 14.9 Å². The minimum Gasteiger partial charge on any atom is -0.370 e. The number of alkyl halides is 3. The van der Waals surface area contributed by atoms with E-state index in [1.165, 1.54) is 16.2 Å². The topological polar surface area (TPSA) is 155 Å². The lowest BCUT2D eigenvalue weighted by molar-refractivity contribution is -0.118. The van der Waals surface area contributed by atoms with Gasteiger partial charge in [-0.2, -0.15) is 18.4 Å². The number of aromatic nitrogens is 1. The number of aliphatic imine (C=N–C) groups is 2. The fraction of sp³-hybridized carbons (Fsp3) is 0.600. The van der Waals surface area contributed by atoms with Crippen molar-refractivity contribution in [3.05, 3.63) is 11.1 Å². The molecule has 28 heavy (non-hydrogen) atoms. The Morgan fingerprint density at radius 3 is 2.68 bits per heavy atom. The molecule has 0 amide bonds. The zero-order valence-corrected chi connectivity index (χ0v) is 16.1. The van der Waals surface area contributed by atoms with Gasteiger partial charge in [0.1, 0.15) is 6.54 Å². The highest BCUT2D eigenvalue weighted by Gasteiger charge is 2.26. The number of guanidine groups is 2. The molecule has 0 saturated carbocycles. The molecule has 1 aromatic rings. The van der Waals surface area contributed by atoms with E-state index in [0.29, 0.717) is 31.2 Å². The molecule has 0 aliphatic rings. The lowest BCUT2D eigenvalue weighted by Crippen LogP contribution is -2.34. The Balaban J connectivity index is 2.33. The second-order valence-electron chi connectivity index (χ2n) is 5.68. The highest BCUT2D eigenvalue weighted by Crippen LogP contribution is 2.18. The Hall–Kier alpha value is -2.59. The first-order valence-electron chi connectivity index (χ1n) is 8.50. The maximum Gasteiger partial charge on any atom is 0.408 e. The summed E-state index contributed by atoms with van der Waals surface area (Å²) in [5, 5.41) is 13.8. The van der Waals surface area contributed by atoms with Crippen molar-refractivity contribution < 1.29 is 13.2 Å². The van der Waals surface area contributed by atoms with Crippen LogP contribution in [-0.2, 0) is 6.42 Å². The van der Waals surface area contributed by atoms with E-state index in [2.05, 4.69) is 20.3 Å². The Bertz CT molecular complexity index is 694.